The fraction of sp³-hybridized carbons (Fsp3) is 0.714. The van der Waals surface area contributed by atoms with Crippen LogP contribution in [0.25, 0.3) is 0 Å². The third-order valence-electron chi connectivity index (χ3n) is 2.91. The van der Waals surface area contributed by atoms with Crippen molar-refractivity contribution in [2.45, 2.75) is 56.5 Å². The Kier molecular flexibility index (Phi) is 7.83. The Morgan fingerprint density at radius 3 is 2.62 bits per heavy atom. The molecule has 0 spiro atoms. The largest absolute Gasteiger partial charge is 0.383 e. The summed E-state index contributed by atoms with van der Waals surface area (Å²) in [6, 6.07) is 3.73. The SMILES string of the molecule is CCCC(COC)NS(=O)(=O)c1ccc(CNC(C)C)s1. The van der Waals surface area contributed by atoms with E-state index in [0.29, 0.717) is 23.4 Å². The lowest BCUT2D eigenvalue weighted by molar-refractivity contribution is 0.171. The van der Waals surface area contributed by atoms with Gasteiger partial charge in [-0.1, -0.05) is 27.2 Å². The Hall–Kier alpha value is -0.470. The zero-order chi connectivity index (χ0) is 15.9. The van der Waals surface area contributed by atoms with Gasteiger partial charge in [0.15, 0.2) is 0 Å². The van der Waals surface area contributed by atoms with Crippen LogP contribution in [0.2, 0.25) is 0 Å². The van der Waals surface area contributed by atoms with Crippen molar-refractivity contribution in [2.24, 2.45) is 0 Å². The molecule has 0 aliphatic carbocycles. The summed E-state index contributed by atoms with van der Waals surface area (Å²) in [6.45, 7) is 7.23. The summed E-state index contributed by atoms with van der Waals surface area (Å²) < 4.78 is 32.9. The van der Waals surface area contributed by atoms with E-state index in [2.05, 4.69) is 23.9 Å². The number of ether oxygens (including phenoxy) is 1. The number of thiophene rings is 1. The summed E-state index contributed by atoms with van der Waals surface area (Å²) in [5, 5.41) is 3.28. The van der Waals surface area contributed by atoms with Gasteiger partial charge in [-0.25, -0.2) is 13.1 Å². The van der Waals surface area contributed by atoms with E-state index >= 15 is 0 Å². The van der Waals surface area contributed by atoms with Gasteiger partial charge < -0.3 is 10.1 Å². The van der Waals surface area contributed by atoms with Gasteiger partial charge in [0.05, 0.1) is 6.61 Å². The van der Waals surface area contributed by atoms with Gasteiger partial charge in [-0.3, -0.25) is 0 Å². The lowest BCUT2D eigenvalue weighted by Gasteiger charge is -2.16. The minimum Gasteiger partial charge on any atom is -0.383 e. The third kappa shape index (κ3) is 6.44. The molecule has 1 aromatic rings. The predicted octanol–water partition coefficient (Wildman–Crippen LogP) is 2.34. The second-order valence-electron chi connectivity index (χ2n) is 5.32. The molecule has 1 aromatic heterocycles. The molecule has 1 heterocycles. The second kappa shape index (κ2) is 8.85. The maximum atomic E-state index is 12.4. The molecule has 0 saturated heterocycles. The molecule has 21 heavy (non-hydrogen) atoms. The molecule has 0 aliphatic heterocycles. The second-order valence-corrected chi connectivity index (χ2v) is 8.43. The van der Waals surface area contributed by atoms with E-state index < -0.39 is 10.0 Å². The Bertz CT molecular complexity index is 506. The zero-order valence-electron chi connectivity index (χ0n) is 13.2. The number of rotatable bonds is 10. The lowest BCUT2D eigenvalue weighted by atomic mass is 10.2. The van der Waals surface area contributed by atoms with Gasteiger partial charge >= 0.3 is 0 Å². The summed E-state index contributed by atoms with van der Waals surface area (Å²) in [5.41, 5.74) is 0. The van der Waals surface area contributed by atoms with Crippen molar-refractivity contribution in [1.82, 2.24) is 10.0 Å². The zero-order valence-corrected chi connectivity index (χ0v) is 14.8. The van der Waals surface area contributed by atoms with Crippen LogP contribution in [0, 0.1) is 0 Å². The van der Waals surface area contributed by atoms with E-state index in [1.165, 1.54) is 11.3 Å². The Morgan fingerprint density at radius 2 is 2.05 bits per heavy atom. The van der Waals surface area contributed by atoms with Gasteiger partial charge in [0, 0.05) is 30.6 Å². The first kappa shape index (κ1) is 18.6. The van der Waals surface area contributed by atoms with Crippen molar-refractivity contribution in [2.75, 3.05) is 13.7 Å². The number of hydrogen-bond donors (Lipinski definition) is 2. The molecule has 1 unspecified atom stereocenters. The fourth-order valence-corrected chi connectivity index (χ4v) is 4.48. The molecule has 122 valence electrons. The van der Waals surface area contributed by atoms with Crippen LogP contribution in [-0.2, 0) is 21.3 Å². The predicted molar refractivity (Wildman–Crippen MR) is 87.2 cm³/mol. The number of methoxy groups -OCH3 is 1. The minimum absolute atomic E-state index is 0.177. The molecule has 0 saturated carbocycles. The summed E-state index contributed by atoms with van der Waals surface area (Å²) in [7, 11) is -1.88. The molecular weight excluding hydrogens is 308 g/mol. The molecule has 2 N–H and O–H groups in total. The quantitative estimate of drug-likeness (QED) is 0.689. The topological polar surface area (TPSA) is 67.4 Å². The molecule has 1 atom stereocenters. The van der Waals surface area contributed by atoms with E-state index in [-0.39, 0.29) is 6.04 Å². The van der Waals surface area contributed by atoms with Crippen LogP contribution in [0.3, 0.4) is 0 Å². The summed E-state index contributed by atoms with van der Waals surface area (Å²) in [5.74, 6) is 0. The highest BCUT2D eigenvalue weighted by atomic mass is 32.2. The maximum Gasteiger partial charge on any atom is 0.250 e. The minimum atomic E-state index is -3.46. The van der Waals surface area contributed by atoms with Crippen LogP contribution in [0.15, 0.2) is 16.3 Å². The maximum absolute atomic E-state index is 12.4. The number of sulfonamides is 1. The summed E-state index contributed by atoms with van der Waals surface area (Å²) in [4.78, 5) is 1.02. The van der Waals surface area contributed by atoms with Crippen molar-refractivity contribution in [3.8, 4) is 0 Å². The molecule has 7 heteroatoms. The molecule has 0 aliphatic rings. The van der Waals surface area contributed by atoms with Gasteiger partial charge in [0.25, 0.3) is 0 Å². The number of hydrogen-bond acceptors (Lipinski definition) is 5. The highest BCUT2D eigenvalue weighted by Gasteiger charge is 2.21. The van der Waals surface area contributed by atoms with Crippen LogP contribution in [-0.4, -0.2) is 34.2 Å². The molecule has 0 radical (unpaired) electrons. The van der Waals surface area contributed by atoms with E-state index in [0.717, 1.165) is 17.7 Å². The van der Waals surface area contributed by atoms with Crippen molar-refractivity contribution < 1.29 is 13.2 Å². The molecule has 0 amide bonds. The Balaban J connectivity index is 2.73. The molecule has 0 bridgehead atoms. The van der Waals surface area contributed by atoms with Crippen molar-refractivity contribution in [1.29, 1.82) is 0 Å². The summed E-state index contributed by atoms with van der Waals surface area (Å²) in [6.07, 6.45) is 1.67. The van der Waals surface area contributed by atoms with Crippen molar-refractivity contribution in [3.63, 3.8) is 0 Å². The van der Waals surface area contributed by atoms with Crippen LogP contribution in [0.4, 0.5) is 0 Å². The Labute approximate surface area is 132 Å². The van der Waals surface area contributed by atoms with Crippen molar-refractivity contribution in [3.05, 3.63) is 17.0 Å². The highest BCUT2D eigenvalue weighted by molar-refractivity contribution is 7.91. The van der Waals surface area contributed by atoms with Gasteiger partial charge in [-0.15, -0.1) is 11.3 Å². The first-order valence-electron chi connectivity index (χ1n) is 7.22. The molecule has 0 aromatic carbocycles. The van der Waals surface area contributed by atoms with E-state index in [4.69, 9.17) is 4.74 Å². The fourth-order valence-electron chi connectivity index (χ4n) is 1.91. The monoisotopic (exact) mass is 334 g/mol. The average molecular weight is 335 g/mol. The first-order chi connectivity index (χ1) is 9.89. The smallest absolute Gasteiger partial charge is 0.250 e. The number of nitrogens with one attached hydrogen (secondary N) is 2. The Morgan fingerprint density at radius 1 is 1.33 bits per heavy atom. The molecular formula is C14H26N2O3S2. The standard InChI is InChI=1S/C14H26N2O3S2/c1-5-6-12(10-19-4)16-21(17,18)14-8-7-13(20-14)9-15-11(2)3/h7-8,11-12,15-16H,5-6,9-10H2,1-4H3. The molecule has 1 rings (SSSR count). The first-order valence-corrected chi connectivity index (χ1v) is 9.52. The van der Waals surface area contributed by atoms with Crippen LogP contribution in [0.1, 0.15) is 38.5 Å². The average Bonchev–Trinajstić information content (AvgIpc) is 2.86. The third-order valence-corrected chi connectivity index (χ3v) is 6.01. The highest BCUT2D eigenvalue weighted by Crippen LogP contribution is 2.22. The van der Waals surface area contributed by atoms with E-state index in [1.54, 1.807) is 13.2 Å². The van der Waals surface area contributed by atoms with Crippen LogP contribution < -0.4 is 10.0 Å². The van der Waals surface area contributed by atoms with Gasteiger partial charge in [0.1, 0.15) is 4.21 Å². The molecule has 0 fully saturated rings. The van der Waals surface area contributed by atoms with Crippen LogP contribution in [0.5, 0.6) is 0 Å². The van der Waals surface area contributed by atoms with Crippen molar-refractivity contribution >= 4 is 21.4 Å². The van der Waals surface area contributed by atoms with Crippen LogP contribution >= 0.6 is 11.3 Å². The van der Waals surface area contributed by atoms with Gasteiger partial charge in [-0.2, -0.15) is 0 Å². The van der Waals surface area contributed by atoms with E-state index in [1.807, 2.05) is 13.0 Å². The van der Waals surface area contributed by atoms with Gasteiger partial charge in [-0.05, 0) is 18.6 Å². The van der Waals surface area contributed by atoms with Gasteiger partial charge in [0.2, 0.25) is 10.0 Å². The lowest BCUT2D eigenvalue weighted by Crippen LogP contribution is -2.37. The summed E-state index contributed by atoms with van der Waals surface area (Å²) >= 11 is 1.31. The molecule has 5 nitrogen and oxygen atoms in total. The van der Waals surface area contributed by atoms with E-state index in [9.17, 15) is 8.42 Å². The normalized spacial score (nSPS) is 13.8.